The van der Waals surface area contributed by atoms with Gasteiger partial charge in [-0.3, -0.25) is 4.90 Å². The van der Waals surface area contributed by atoms with Gasteiger partial charge in [-0.2, -0.15) is 0 Å². The standard InChI is InChI=1S/C17H26F2N2O.ClH/c1-4-5-12(2)17(21-10-8-20-9-11-21)15-13(18)6-7-14(22-3)16(15)19;/h6-7,12,17,20H,4-5,8-11H2,1-3H3;1H/t12?,17-;/m0./s1. The first-order valence-corrected chi connectivity index (χ1v) is 8.06. The van der Waals surface area contributed by atoms with Gasteiger partial charge in [0.25, 0.3) is 0 Å². The highest BCUT2D eigenvalue weighted by atomic mass is 35.5. The molecule has 0 radical (unpaired) electrons. The van der Waals surface area contributed by atoms with Gasteiger partial charge in [0.05, 0.1) is 7.11 Å². The van der Waals surface area contributed by atoms with E-state index >= 15 is 0 Å². The molecule has 1 aromatic carbocycles. The molecule has 1 aliphatic heterocycles. The minimum Gasteiger partial charge on any atom is -0.494 e. The predicted molar refractivity (Wildman–Crippen MR) is 91.4 cm³/mol. The summed E-state index contributed by atoms with van der Waals surface area (Å²) in [5, 5.41) is 3.29. The van der Waals surface area contributed by atoms with Crippen molar-refractivity contribution >= 4 is 12.4 Å². The van der Waals surface area contributed by atoms with Crippen molar-refractivity contribution in [2.24, 2.45) is 5.92 Å². The van der Waals surface area contributed by atoms with Crippen molar-refractivity contribution in [1.82, 2.24) is 10.2 Å². The van der Waals surface area contributed by atoms with Crippen LogP contribution in [0.15, 0.2) is 12.1 Å². The maximum atomic E-state index is 14.7. The van der Waals surface area contributed by atoms with Crippen LogP contribution >= 0.6 is 12.4 Å². The smallest absolute Gasteiger partial charge is 0.172 e. The summed E-state index contributed by atoms with van der Waals surface area (Å²) in [6.07, 6.45) is 1.93. The van der Waals surface area contributed by atoms with Crippen molar-refractivity contribution in [1.29, 1.82) is 0 Å². The number of piperazine rings is 1. The van der Waals surface area contributed by atoms with Crippen molar-refractivity contribution < 1.29 is 13.5 Å². The van der Waals surface area contributed by atoms with Crippen molar-refractivity contribution in [3.8, 4) is 5.75 Å². The number of nitrogens with one attached hydrogen (secondary N) is 1. The van der Waals surface area contributed by atoms with Crippen LogP contribution in [0.2, 0.25) is 0 Å². The topological polar surface area (TPSA) is 24.5 Å². The van der Waals surface area contributed by atoms with Crippen LogP contribution in [0.25, 0.3) is 0 Å². The third kappa shape index (κ3) is 4.55. The second-order valence-electron chi connectivity index (χ2n) is 5.97. The van der Waals surface area contributed by atoms with Gasteiger partial charge in [-0.15, -0.1) is 12.4 Å². The number of nitrogens with zero attached hydrogens (tertiary/aromatic N) is 1. The lowest BCUT2D eigenvalue weighted by molar-refractivity contribution is 0.119. The number of halogens is 3. The molecule has 2 atom stereocenters. The Bertz CT molecular complexity index is 496. The first kappa shape index (κ1) is 20.1. The largest absolute Gasteiger partial charge is 0.494 e. The highest BCUT2D eigenvalue weighted by Crippen LogP contribution is 2.37. The van der Waals surface area contributed by atoms with E-state index in [9.17, 15) is 8.78 Å². The van der Waals surface area contributed by atoms with E-state index in [1.54, 1.807) is 0 Å². The molecule has 0 aliphatic carbocycles. The maximum absolute atomic E-state index is 14.7. The van der Waals surface area contributed by atoms with Gasteiger partial charge in [0.1, 0.15) is 5.82 Å². The Morgan fingerprint density at radius 3 is 2.48 bits per heavy atom. The molecule has 1 aliphatic rings. The molecule has 2 rings (SSSR count). The Hall–Kier alpha value is -0.910. The van der Waals surface area contributed by atoms with Gasteiger partial charge in [0, 0.05) is 37.8 Å². The molecule has 0 aromatic heterocycles. The third-order valence-electron chi connectivity index (χ3n) is 4.43. The third-order valence-corrected chi connectivity index (χ3v) is 4.43. The lowest BCUT2D eigenvalue weighted by atomic mass is 9.88. The van der Waals surface area contributed by atoms with Gasteiger partial charge < -0.3 is 10.1 Å². The molecule has 23 heavy (non-hydrogen) atoms. The van der Waals surface area contributed by atoms with Gasteiger partial charge in [0.2, 0.25) is 0 Å². The molecule has 1 N–H and O–H groups in total. The fourth-order valence-corrected chi connectivity index (χ4v) is 3.38. The highest BCUT2D eigenvalue weighted by molar-refractivity contribution is 5.85. The van der Waals surface area contributed by atoms with Crippen LogP contribution in [0.3, 0.4) is 0 Å². The van der Waals surface area contributed by atoms with E-state index in [0.717, 1.165) is 39.0 Å². The summed E-state index contributed by atoms with van der Waals surface area (Å²) in [5.74, 6) is -0.752. The van der Waals surface area contributed by atoms with Crippen LogP contribution in [-0.2, 0) is 0 Å². The zero-order valence-corrected chi connectivity index (χ0v) is 14.9. The summed E-state index contributed by atoms with van der Waals surface area (Å²) >= 11 is 0. The molecule has 0 saturated carbocycles. The van der Waals surface area contributed by atoms with E-state index in [4.69, 9.17) is 4.74 Å². The number of hydrogen-bond donors (Lipinski definition) is 1. The molecule has 0 bridgehead atoms. The lowest BCUT2D eigenvalue weighted by Gasteiger charge is -2.39. The molecular formula is C17H27ClF2N2O. The SMILES string of the molecule is CCCC(C)[C@@H](c1c(F)ccc(OC)c1F)N1CCNCC1.Cl. The molecular weight excluding hydrogens is 322 g/mol. The first-order chi connectivity index (χ1) is 10.6. The molecule has 0 spiro atoms. The van der Waals surface area contributed by atoms with Crippen LogP contribution in [-0.4, -0.2) is 38.2 Å². The lowest BCUT2D eigenvalue weighted by Crippen LogP contribution is -2.47. The van der Waals surface area contributed by atoms with E-state index in [2.05, 4.69) is 24.1 Å². The van der Waals surface area contributed by atoms with Gasteiger partial charge in [0.15, 0.2) is 11.6 Å². The Morgan fingerprint density at radius 1 is 1.26 bits per heavy atom. The minimum absolute atomic E-state index is 0. The summed E-state index contributed by atoms with van der Waals surface area (Å²) in [7, 11) is 1.41. The van der Waals surface area contributed by atoms with Crippen LogP contribution in [0.4, 0.5) is 8.78 Å². The van der Waals surface area contributed by atoms with Crippen LogP contribution < -0.4 is 10.1 Å². The second-order valence-corrected chi connectivity index (χ2v) is 5.97. The minimum atomic E-state index is -0.561. The van der Waals surface area contributed by atoms with E-state index < -0.39 is 11.6 Å². The average molecular weight is 349 g/mol. The zero-order chi connectivity index (χ0) is 16.1. The van der Waals surface area contributed by atoms with E-state index in [1.807, 2.05) is 0 Å². The predicted octanol–water partition coefficient (Wildman–Crippen LogP) is 3.78. The van der Waals surface area contributed by atoms with Gasteiger partial charge in [-0.05, 0) is 24.5 Å². The van der Waals surface area contributed by atoms with E-state index in [1.165, 1.54) is 19.2 Å². The molecule has 6 heteroatoms. The molecule has 132 valence electrons. The van der Waals surface area contributed by atoms with Crippen LogP contribution in [0.5, 0.6) is 5.75 Å². The second kappa shape index (κ2) is 9.40. The van der Waals surface area contributed by atoms with Gasteiger partial charge in [-0.1, -0.05) is 20.3 Å². The summed E-state index contributed by atoms with van der Waals surface area (Å²) < 4.78 is 34.2. The Morgan fingerprint density at radius 2 is 1.91 bits per heavy atom. The maximum Gasteiger partial charge on any atom is 0.172 e. The average Bonchev–Trinajstić information content (AvgIpc) is 2.52. The number of benzene rings is 1. The number of hydrogen-bond acceptors (Lipinski definition) is 3. The van der Waals surface area contributed by atoms with Crippen molar-refractivity contribution in [3.05, 3.63) is 29.3 Å². The highest BCUT2D eigenvalue weighted by Gasteiger charge is 2.32. The van der Waals surface area contributed by atoms with Crippen LogP contribution in [0, 0.1) is 17.6 Å². The van der Waals surface area contributed by atoms with Crippen LogP contribution in [0.1, 0.15) is 38.3 Å². The summed E-state index contributed by atoms with van der Waals surface area (Å²) in [6.45, 7) is 7.48. The molecule has 1 fully saturated rings. The fraction of sp³-hybridized carbons (Fsp3) is 0.647. The monoisotopic (exact) mass is 348 g/mol. The molecule has 0 amide bonds. The number of methoxy groups -OCH3 is 1. The molecule has 1 aromatic rings. The first-order valence-electron chi connectivity index (χ1n) is 8.06. The van der Waals surface area contributed by atoms with Gasteiger partial charge >= 0.3 is 0 Å². The summed E-state index contributed by atoms with van der Waals surface area (Å²) in [5.41, 5.74) is 0.155. The van der Waals surface area contributed by atoms with Crippen molar-refractivity contribution in [2.45, 2.75) is 32.7 Å². The van der Waals surface area contributed by atoms with Crippen molar-refractivity contribution in [3.63, 3.8) is 0 Å². The fourth-order valence-electron chi connectivity index (χ4n) is 3.38. The molecule has 1 unspecified atom stereocenters. The molecule has 1 heterocycles. The van der Waals surface area contributed by atoms with E-state index in [0.29, 0.717) is 0 Å². The summed E-state index contributed by atoms with van der Waals surface area (Å²) in [4.78, 5) is 2.19. The van der Waals surface area contributed by atoms with E-state index in [-0.39, 0.29) is 35.7 Å². The Kier molecular flexibility index (Phi) is 8.23. The van der Waals surface area contributed by atoms with Gasteiger partial charge in [-0.25, -0.2) is 8.78 Å². The Balaban J connectivity index is 0.00000264. The Labute approximate surface area is 143 Å². The zero-order valence-electron chi connectivity index (χ0n) is 14.1. The molecule has 3 nitrogen and oxygen atoms in total. The normalized spacial score (nSPS) is 18.1. The quantitative estimate of drug-likeness (QED) is 0.846. The molecule has 1 saturated heterocycles. The number of ether oxygens (including phenoxy) is 1. The number of rotatable bonds is 6. The summed E-state index contributed by atoms with van der Waals surface area (Å²) in [6, 6.07) is 2.41. The van der Waals surface area contributed by atoms with Crippen molar-refractivity contribution in [2.75, 3.05) is 33.3 Å².